The van der Waals surface area contributed by atoms with E-state index in [1.165, 1.54) is 0 Å². The molecular formula is C20H26N4O3S. The van der Waals surface area contributed by atoms with Gasteiger partial charge in [0.05, 0.1) is 21.8 Å². The van der Waals surface area contributed by atoms with E-state index in [-0.39, 0.29) is 0 Å². The van der Waals surface area contributed by atoms with Crippen molar-refractivity contribution in [1.29, 1.82) is 0 Å². The predicted octanol–water partition coefficient (Wildman–Crippen LogP) is 4.59. The lowest BCUT2D eigenvalue weighted by atomic mass is 10.2. The van der Waals surface area contributed by atoms with Gasteiger partial charge in [0.1, 0.15) is 11.3 Å². The summed E-state index contributed by atoms with van der Waals surface area (Å²) < 4.78 is 6.94. The molecule has 0 fully saturated rings. The van der Waals surface area contributed by atoms with Crippen LogP contribution in [0.15, 0.2) is 18.2 Å². The number of pyridine rings is 1. The Morgan fingerprint density at radius 2 is 2.07 bits per heavy atom. The maximum atomic E-state index is 10.4. The molecule has 0 aliphatic heterocycles. The van der Waals surface area contributed by atoms with E-state index in [1.807, 2.05) is 18.2 Å². The Morgan fingerprint density at radius 1 is 1.25 bits per heavy atom. The van der Waals surface area contributed by atoms with Crippen molar-refractivity contribution >= 4 is 44.4 Å². The molecule has 0 unspecified atom stereocenters. The van der Waals surface area contributed by atoms with Gasteiger partial charge in [0.25, 0.3) is 0 Å². The third-order valence-electron chi connectivity index (χ3n) is 4.45. The van der Waals surface area contributed by atoms with E-state index >= 15 is 0 Å². The van der Waals surface area contributed by atoms with Gasteiger partial charge >= 0.3 is 6.09 Å². The first kappa shape index (κ1) is 20.1. The number of carbonyl (C=O) groups is 1. The van der Waals surface area contributed by atoms with E-state index in [4.69, 9.17) is 15.6 Å². The third-order valence-corrected chi connectivity index (χ3v) is 5.60. The molecule has 3 aromatic rings. The second-order valence-corrected chi connectivity index (χ2v) is 7.79. The number of hydrogen-bond acceptors (Lipinski definition) is 6. The monoisotopic (exact) mass is 402 g/mol. The number of hydrogen-bond donors (Lipinski definition) is 3. The minimum absolute atomic E-state index is 0.466. The maximum Gasteiger partial charge on any atom is 0.404 e. The third kappa shape index (κ3) is 5.01. The molecule has 0 saturated carbocycles. The number of aromatic nitrogens is 2. The molecule has 0 spiro atoms. The van der Waals surface area contributed by atoms with E-state index in [0.29, 0.717) is 19.0 Å². The Morgan fingerprint density at radius 3 is 2.86 bits per heavy atom. The average Bonchev–Trinajstić information content (AvgIpc) is 3.08. The van der Waals surface area contributed by atoms with Crippen LogP contribution >= 0.6 is 11.3 Å². The number of nitrogen functional groups attached to an aromatic ring is 1. The summed E-state index contributed by atoms with van der Waals surface area (Å²) >= 11 is 1.69. The summed E-state index contributed by atoms with van der Waals surface area (Å²) in [7, 11) is 0. The van der Waals surface area contributed by atoms with Crippen molar-refractivity contribution in [3.05, 3.63) is 23.2 Å². The molecule has 4 N–H and O–H groups in total. The molecule has 150 valence electrons. The topological polar surface area (TPSA) is 110 Å². The molecule has 28 heavy (non-hydrogen) atoms. The standard InChI is InChI=1S/C20H26N4O3S/c1-2-7-16-24-17-18(28-16)14-9-8-13(12-15(14)23-19(17)21)27-11-6-4-3-5-10-22-20(25)26/h8-9,12,22H,2-7,10-11H2,1H3,(H2,21,23)(H,25,26). The van der Waals surface area contributed by atoms with Crippen LogP contribution in [0.25, 0.3) is 21.1 Å². The van der Waals surface area contributed by atoms with Gasteiger partial charge in [-0.1, -0.05) is 19.8 Å². The molecule has 1 amide bonds. The molecule has 0 aliphatic carbocycles. The number of benzene rings is 1. The number of nitrogens with two attached hydrogens (primary N) is 1. The van der Waals surface area contributed by atoms with Crippen LogP contribution in [-0.4, -0.2) is 34.3 Å². The van der Waals surface area contributed by atoms with Crippen LogP contribution in [0, 0.1) is 0 Å². The molecule has 0 aliphatic rings. The van der Waals surface area contributed by atoms with Crippen LogP contribution in [0.5, 0.6) is 5.75 Å². The van der Waals surface area contributed by atoms with Crippen molar-refractivity contribution in [2.45, 2.75) is 45.4 Å². The molecule has 0 atom stereocenters. The van der Waals surface area contributed by atoms with Gasteiger partial charge < -0.3 is 20.9 Å². The molecule has 2 heterocycles. The summed E-state index contributed by atoms with van der Waals surface area (Å²) in [4.78, 5) is 19.5. The Hall–Kier alpha value is -2.61. The van der Waals surface area contributed by atoms with E-state index in [9.17, 15) is 4.79 Å². The first-order valence-electron chi connectivity index (χ1n) is 9.66. The van der Waals surface area contributed by atoms with Gasteiger partial charge in [0, 0.05) is 18.0 Å². The number of amides is 1. The number of nitrogens with zero attached hydrogens (tertiary/aromatic N) is 2. The lowest BCUT2D eigenvalue weighted by Crippen LogP contribution is -2.21. The molecule has 3 rings (SSSR count). The zero-order valence-corrected chi connectivity index (χ0v) is 16.8. The lowest BCUT2D eigenvalue weighted by molar-refractivity contribution is 0.194. The highest BCUT2D eigenvalue weighted by molar-refractivity contribution is 7.19. The summed E-state index contributed by atoms with van der Waals surface area (Å²) in [6.45, 7) is 3.26. The summed E-state index contributed by atoms with van der Waals surface area (Å²) in [6.07, 6.45) is 4.79. The minimum Gasteiger partial charge on any atom is -0.494 e. The van der Waals surface area contributed by atoms with Gasteiger partial charge in [-0.15, -0.1) is 11.3 Å². The van der Waals surface area contributed by atoms with Crippen LogP contribution in [0.2, 0.25) is 0 Å². The van der Waals surface area contributed by atoms with Crippen molar-refractivity contribution in [2.24, 2.45) is 0 Å². The first-order chi connectivity index (χ1) is 13.6. The molecule has 1 aromatic carbocycles. The normalized spacial score (nSPS) is 11.2. The number of fused-ring (bicyclic) bond motifs is 3. The Bertz CT molecular complexity index is 957. The number of unbranched alkanes of at least 4 members (excludes halogenated alkanes) is 3. The Kier molecular flexibility index (Phi) is 6.86. The van der Waals surface area contributed by atoms with Crippen molar-refractivity contribution in [1.82, 2.24) is 15.3 Å². The zero-order valence-electron chi connectivity index (χ0n) is 16.0. The second-order valence-electron chi connectivity index (χ2n) is 6.71. The molecule has 2 aromatic heterocycles. The lowest BCUT2D eigenvalue weighted by Gasteiger charge is -2.08. The second kappa shape index (κ2) is 9.54. The van der Waals surface area contributed by atoms with Crippen LogP contribution < -0.4 is 15.8 Å². The van der Waals surface area contributed by atoms with Gasteiger partial charge in [-0.05, 0) is 37.8 Å². The molecule has 0 radical (unpaired) electrons. The Labute approximate surface area is 167 Å². The quantitative estimate of drug-likeness (QED) is 0.428. The van der Waals surface area contributed by atoms with E-state index in [1.54, 1.807) is 11.3 Å². The number of aryl methyl sites for hydroxylation is 1. The number of ether oxygens (including phenoxy) is 1. The fourth-order valence-corrected chi connectivity index (χ4v) is 4.28. The smallest absolute Gasteiger partial charge is 0.404 e. The van der Waals surface area contributed by atoms with Crippen molar-refractivity contribution in [3.63, 3.8) is 0 Å². The first-order valence-corrected chi connectivity index (χ1v) is 10.5. The zero-order chi connectivity index (χ0) is 19.9. The van der Waals surface area contributed by atoms with Crippen molar-refractivity contribution in [3.8, 4) is 5.75 Å². The van der Waals surface area contributed by atoms with Crippen LogP contribution in [0.3, 0.4) is 0 Å². The Balaban J connectivity index is 1.58. The van der Waals surface area contributed by atoms with Crippen molar-refractivity contribution < 1.29 is 14.6 Å². The van der Waals surface area contributed by atoms with E-state index in [0.717, 1.165) is 70.4 Å². The SMILES string of the molecule is CCCc1nc2c(N)nc3cc(OCCCCCCNC(=O)O)ccc3c2s1. The van der Waals surface area contributed by atoms with E-state index in [2.05, 4.69) is 22.2 Å². The number of carboxylic acid groups (broad SMARTS) is 1. The highest BCUT2D eigenvalue weighted by atomic mass is 32.1. The van der Waals surface area contributed by atoms with E-state index < -0.39 is 6.09 Å². The predicted molar refractivity (Wildman–Crippen MR) is 113 cm³/mol. The van der Waals surface area contributed by atoms with Crippen LogP contribution in [0.4, 0.5) is 10.6 Å². The number of nitrogens with one attached hydrogen (secondary N) is 1. The van der Waals surface area contributed by atoms with Gasteiger partial charge in [-0.3, -0.25) is 0 Å². The van der Waals surface area contributed by atoms with Crippen LogP contribution in [-0.2, 0) is 6.42 Å². The molecule has 7 nitrogen and oxygen atoms in total. The fraction of sp³-hybridized carbons (Fsp3) is 0.450. The highest BCUT2D eigenvalue weighted by Gasteiger charge is 2.12. The minimum atomic E-state index is -0.967. The summed E-state index contributed by atoms with van der Waals surface area (Å²) in [5.74, 6) is 1.25. The van der Waals surface area contributed by atoms with Gasteiger partial charge in [-0.2, -0.15) is 0 Å². The average molecular weight is 403 g/mol. The largest absolute Gasteiger partial charge is 0.494 e. The van der Waals surface area contributed by atoms with Crippen LogP contribution in [0.1, 0.15) is 44.0 Å². The summed E-state index contributed by atoms with van der Waals surface area (Å²) in [6, 6.07) is 5.93. The molecular weight excluding hydrogens is 376 g/mol. The number of thiazole rings is 1. The summed E-state index contributed by atoms with van der Waals surface area (Å²) in [5.41, 5.74) is 7.76. The molecule has 0 bridgehead atoms. The van der Waals surface area contributed by atoms with Gasteiger partial charge in [-0.25, -0.2) is 14.8 Å². The van der Waals surface area contributed by atoms with Gasteiger partial charge in [0.15, 0.2) is 5.82 Å². The van der Waals surface area contributed by atoms with Crippen molar-refractivity contribution in [2.75, 3.05) is 18.9 Å². The summed E-state index contributed by atoms with van der Waals surface area (Å²) in [5, 5.41) is 13.0. The highest BCUT2D eigenvalue weighted by Crippen LogP contribution is 2.34. The number of anilines is 1. The molecule has 8 heteroatoms. The molecule has 0 saturated heterocycles. The fourth-order valence-electron chi connectivity index (χ4n) is 3.08. The van der Waals surface area contributed by atoms with Gasteiger partial charge in [0.2, 0.25) is 0 Å². The maximum absolute atomic E-state index is 10.4. The number of rotatable bonds is 10.